The van der Waals surface area contributed by atoms with Gasteiger partial charge in [-0.05, 0) is 51.5 Å². The lowest BCUT2D eigenvalue weighted by molar-refractivity contribution is 1.45. The molecule has 0 N–H and O–H groups in total. The van der Waals surface area contributed by atoms with Gasteiger partial charge in [0.15, 0.2) is 0 Å². The van der Waals surface area contributed by atoms with E-state index in [0.717, 1.165) is 0 Å². The fraction of sp³-hybridized carbons (Fsp3) is 0.0182. The summed E-state index contributed by atoms with van der Waals surface area (Å²) in [6.45, 7) is 0. The van der Waals surface area contributed by atoms with E-state index in [1.165, 1.54) is 46.7 Å². The molecule has 0 aliphatic rings. The van der Waals surface area contributed by atoms with E-state index in [-0.39, 0.29) is 4.79 Å². The molecule has 0 unspecified atom stereocenters. The van der Waals surface area contributed by atoms with Crippen molar-refractivity contribution in [3.05, 3.63) is 273 Å². The standard InChI is InChI=1S/C55H46Si3/c1-10-28-46(29-11-1)56(47-30-12-2-13-31-47,48-32-14-3-15-33-48)55(57(49-34-16-4-17-35-49,50-36-18-5-19-37-50)51-38-20-6-21-39-51)58(52-40-22-7-23-41-52,53-42-24-8-25-43-53)54-44-26-9-27-45-54/h1-45,55H. The lowest BCUT2D eigenvalue weighted by Gasteiger charge is -2.58. The van der Waals surface area contributed by atoms with Crippen LogP contribution in [0.15, 0.2) is 273 Å². The molecule has 9 rings (SSSR count). The van der Waals surface area contributed by atoms with E-state index in [9.17, 15) is 0 Å². The summed E-state index contributed by atoms with van der Waals surface area (Å²) in [5.41, 5.74) is 0. The maximum atomic E-state index is 2.47. The first-order chi connectivity index (χ1) is 28.8. The minimum Gasteiger partial charge on any atom is -0.0624 e. The minimum absolute atomic E-state index is 0.0825. The Morgan fingerprint density at radius 1 is 0.155 bits per heavy atom. The van der Waals surface area contributed by atoms with Crippen LogP contribution in [0.4, 0.5) is 0 Å². The lowest BCUT2D eigenvalue weighted by atomic mass is 10.3. The molecule has 0 aliphatic carbocycles. The monoisotopic (exact) mass is 790 g/mol. The van der Waals surface area contributed by atoms with Gasteiger partial charge in [0.2, 0.25) is 0 Å². The molecular weight excluding hydrogens is 745 g/mol. The topological polar surface area (TPSA) is 0 Å². The van der Waals surface area contributed by atoms with Crippen molar-refractivity contribution in [3.63, 3.8) is 0 Å². The maximum absolute atomic E-state index is 3.30. The van der Waals surface area contributed by atoms with Crippen molar-refractivity contribution in [1.29, 1.82) is 0 Å². The molecule has 0 fully saturated rings. The van der Waals surface area contributed by atoms with Crippen LogP contribution in [-0.4, -0.2) is 24.2 Å². The quantitative estimate of drug-likeness (QED) is 0.0930. The van der Waals surface area contributed by atoms with E-state index in [2.05, 4.69) is 273 Å². The van der Waals surface area contributed by atoms with Gasteiger partial charge in [0.25, 0.3) is 0 Å². The zero-order valence-corrected chi connectivity index (χ0v) is 35.6. The predicted molar refractivity (Wildman–Crippen MR) is 256 cm³/mol. The molecule has 58 heavy (non-hydrogen) atoms. The molecule has 9 aromatic carbocycles. The zero-order valence-electron chi connectivity index (χ0n) is 32.6. The van der Waals surface area contributed by atoms with Crippen molar-refractivity contribution in [2.24, 2.45) is 0 Å². The highest BCUT2D eigenvalue weighted by Gasteiger charge is 2.68. The second-order valence-electron chi connectivity index (χ2n) is 15.2. The molecule has 0 saturated carbocycles. The fourth-order valence-corrected chi connectivity index (χ4v) is 39.5. The molecular formula is C55H46Si3. The van der Waals surface area contributed by atoms with Crippen LogP contribution in [0, 0.1) is 0 Å². The summed E-state index contributed by atoms with van der Waals surface area (Å²) < 4.78 is 0. The summed E-state index contributed by atoms with van der Waals surface area (Å²) in [6, 6.07) is 105. The van der Waals surface area contributed by atoms with Gasteiger partial charge in [-0.25, -0.2) is 0 Å². The van der Waals surface area contributed by atoms with Gasteiger partial charge >= 0.3 is 0 Å². The summed E-state index contributed by atoms with van der Waals surface area (Å²) in [5, 5.41) is 12.8. The van der Waals surface area contributed by atoms with Crippen molar-refractivity contribution < 1.29 is 0 Å². The van der Waals surface area contributed by atoms with Crippen molar-refractivity contribution in [2.75, 3.05) is 0 Å². The molecule has 0 spiro atoms. The number of hydrogen-bond acceptors (Lipinski definition) is 0. The predicted octanol–water partition coefficient (Wildman–Crippen LogP) is 6.95. The first-order valence-electron chi connectivity index (χ1n) is 20.3. The first-order valence-corrected chi connectivity index (χ1v) is 26.5. The first kappa shape index (κ1) is 37.2. The molecule has 3 heteroatoms. The van der Waals surface area contributed by atoms with Crippen LogP contribution in [0.2, 0.25) is 4.79 Å². The lowest BCUT2D eigenvalue weighted by Crippen LogP contribution is -2.92. The van der Waals surface area contributed by atoms with Crippen LogP contribution in [0.3, 0.4) is 0 Å². The Morgan fingerprint density at radius 2 is 0.259 bits per heavy atom. The van der Waals surface area contributed by atoms with Crippen LogP contribution in [0.25, 0.3) is 0 Å². The summed E-state index contributed by atoms with van der Waals surface area (Å²) in [5.74, 6) is 0. The van der Waals surface area contributed by atoms with Crippen LogP contribution >= 0.6 is 0 Å². The second kappa shape index (κ2) is 16.6. The molecule has 0 amide bonds. The van der Waals surface area contributed by atoms with Crippen LogP contribution in [-0.2, 0) is 0 Å². The van der Waals surface area contributed by atoms with Crippen LogP contribution < -0.4 is 46.7 Å². The molecule has 0 radical (unpaired) electrons. The summed E-state index contributed by atoms with van der Waals surface area (Å²) >= 11 is 0. The maximum Gasteiger partial charge on any atom is 0.148 e. The number of rotatable bonds is 12. The highest BCUT2D eigenvalue weighted by molar-refractivity contribution is 7.40. The van der Waals surface area contributed by atoms with Gasteiger partial charge in [-0.3, -0.25) is 0 Å². The van der Waals surface area contributed by atoms with Crippen molar-refractivity contribution >= 4 is 70.9 Å². The van der Waals surface area contributed by atoms with E-state index >= 15 is 0 Å². The van der Waals surface area contributed by atoms with Crippen molar-refractivity contribution in [1.82, 2.24) is 0 Å². The Bertz CT molecular complexity index is 2030. The SMILES string of the molecule is c1ccc([Si](c2ccccc2)(c2ccccc2)C([Si](c2ccccc2)(c2ccccc2)c2ccccc2)[Si](c2ccccc2)(c2ccccc2)c2ccccc2)cc1. The average molecular weight is 791 g/mol. The summed E-state index contributed by atoms with van der Waals surface area (Å²) in [6.07, 6.45) is 0. The zero-order chi connectivity index (χ0) is 39.1. The van der Waals surface area contributed by atoms with Crippen LogP contribution in [0.5, 0.6) is 0 Å². The van der Waals surface area contributed by atoms with Crippen LogP contribution in [0.1, 0.15) is 0 Å². The molecule has 0 nitrogen and oxygen atoms in total. The Labute approximate surface area is 346 Å². The molecule has 0 aromatic heterocycles. The third kappa shape index (κ3) is 6.20. The summed E-state index contributed by atoms with van der Waals surface area (Å²) in [7, 11) is -9.89. The van der Waals surface area contributed by atoms with Crippen molar-refractivity contribution in [2.45, 2.75) is 4.79 Å². The van der Waals surface area contributed by atoms with E-state index in [4.69, 9.17) is 0 Å². The Kier molecular flexibility index (Phi) is 10.7. The van der Waals surface area contributed by atoms with Gasteiger partial charge in [-0.15, -0.1) is 0 Å². The second-order valence-corrected chi connectivity index (χ2v) is 28.7. The third-order valence-corrected chi connectivity index (χ3v) is 33.9. The Hall–Kier alpha value is -6.37. The fourth-order valence-electron chi connectivity index (χ4n) is 10.3. The molecule has 278 valence electrons. The van der Waals surface area contributed by atoms with Crippen molar-refractivity contribution in [3.8, 4) is 0 Å². The summed E-state index contributed by atoms with van der Waals surface area (Å²) in [4.78, 5) is 0.0825. The molecule has 0 aliphatic heterocycles. The van der Waals surface area contributed by atoms with Gasteiger partial charge in [-0.1, -0.05) is 273 Å². The van der Waals surface area contributed by atoms with Gasteiger partial charge in [0.1, 0.15) is 24.2 Å². The Morgan fingerprint density at radius 3 is 0.362 bits per heavy atom. The average Bonchev–Trinajstić information content (AvgIpc) is 3.33. The normalized spacial score (nSPS) is 11.9. The van der Waals surface area contributed by atoms with Gasteiger partial charge in [0.05, 0.1) is 0 Å². The van der Waals surface area contributed by atoms with E-state index in [0.29, 0.717) is 0 Å². The third-order valence-electron chi connectivity index (χ3n) is 12.4. The number of hydrogen-bond donors (Lipinski definition) is 0. The van der Waals surface area contributed by atoms with Gasteiger partial charge in [-0.2, -0.15) is 0 Å². The van der Waals surface area contributed by atoms with E-state index in [1.807, 2.05) is 0 Å². The largest absolute Gasteiger partial charge is 0.148 e. The van der Waals surface area contributed by atoms with Gasteiger partial charge < -0.3 is 0 Å². The molecule has 0 atom stereocenters. The molecule has 0 saturated heterocycles. The molecule has 0 heterocycles. The Balaban J connectivity index is 1.68. The highest BCUT2D eigenvalue weighted by Crippen LogP contribution is 2.40. The van der Waals surface area contributed by atoms with E-state index in [1.54, 1.807) is 0 Å². The van der Waals surface area contributed by atoms with Gasteiger partial charge in [0, 0.05) is 0 Å². The molecule has 9 aromatic rings. The highest BCUT2D eigenvalue weighted by atomic mass is 28.5. The van der Waals surface area contributed by atoms with E-state index < -0.39 is 24.2 Å². The smallest absolute Gasteiger partial charge is 0.0624 e. The molecule has 0 bridgehead atoms. The number of benzene rings is 9. The minimum atomic E-state index is -3.30.